The summed E-state index contributed by atoms with van der Waals surface area (Å²) in [7, 11) is -3.43. The lowest BCUT2D eigenvalue weighted by Gasteiger charge is -2.07. The first kappa shape index (κ1) is 12.9. The smallest absolute Gasteiger partial charge is 0.236 e. The molecule has 0 unspecified atom stereocenters. The molecule has 1 N–H and O–H groups in total. The fourth-order valence-electron chi connectivity index (χ4n) is 1.45. The number of hydrogen-bond acceptors (Lipinski definition) is 3. The van der Waals surface area contributed by atoms with E-state index in [0.29, 0.717) is 10.8 Å². The molecule has 0 radical (unpaired) electrons. The van der Waals surface area contributed by atoms with Crippen molar-refractivity contribution in [1.29, 1.82) is 0 Å². The van der Waals surface area contributed by atoms with Gasteiger partial charge in [-0.1, -0.05) is 41.9 Å². The third kappa shape index (κ3) is 3.72. The zero-order valence-electron chi connectivity index (χ0n) is 9.38. The summed E-state index contributed by atoms with van der Waals surface area (Å²) in [6.07, 6.45) is 1.38. The lowest BCUT2D eigenvalue weighted by atomic mass is 10.2. The Balaban J connectivity index is 2.10. The van der Waals surface area contributed by atoms with E-state index < -0.39 is 10.0 Å². The Hall–Kier alpha value is -1.59. The molecular weight excluding hydrogens is 272 g/mol. The summed E-state index contributed by atoms with van der Waals surface area (Å²) in [6, 6.07) is 12.1. The minimum absolute atomic E-state index is 0.0729. The highest BCUT2D eigenvalue weighted by atomic mass is 35.5. The molecule has 0 aliphatic heterocycles. The average molecular weight is 283 g/mol. The maximum Gasteiger partial charge on any atom is 0.236 e. The van der Waals surface area contributed by atoms with Gasteiger partial charge < -0.3 is 0 Å². The minimum atomic E-state index is -3.43. The topological polar surface area (TPSA) is 59.1 Å². The van der Waals surface area contributed by atoms with Crippen LogP contribution in [-0.2, 0) is 15.8 Å². The SMILES string of the molecule is O=S(=O)(Cc1ccccc1)Nc1ccc(Cl)nc1. The van der Waals surface area contributed by atoms with Crippen molar-refractivity contribution in [2.45, 2.75) is 5.75 Å². The summed E-state index contributed by atoms with van der Waals surface area (Å²) < 4.78 is 26.2. The Morgan fingerprint density at radius 1 is 1.11 bits per heavy atom. The number of anilines is 1. The van der Waals surface area contributed by atoms with Crippen molar-refractivity contribution < 1.29 is 8.42 Å². The Labute approximate surface area is 111 Å². The molecule has 0 saturated carbocycles. The number of halogens is 1. The zero-order valence-corrected chi connectivity index (χ0v) is 10.9. The molecular formula is C12H11ClN2O2S. The van der Waals surface area contributed by atoms with Gasteiger partial charge in [0.25, 0.3) is 0 Å². The van der Waals surface area contributed by atoms with Gasteiger partial charge in [-0.3, -0.25) is 4.72 Å². The number of nitrogens with one attached hydrogen (secondary N) is 1. The molecule has 18 heavy (non-hydrogen) atoms. The third-order valence-corrected chi connectivity index (χ3v) is 3.68. The molecule has 2 rings (SSSR count). The first-order valence-corrected chi connectivity index (χ1v) is 7.24. The minimum Gasteiger partial charge on any atom is -0.282 e. The molecule has 0 atom stereocenters. The van der Waals surface area contributed by atoms with Crippen LogP contribution in [0.1, 0.15) is 5.56 Å². The van der Waals surface area contributed by atoms with Crippen LogP contribution in [0.4, 0.5) is 5.69 Å². The van der Waals surface area contributed by atoms with Gasteiger partial charge in [0.05, 0.1) is 17.6 Å². The van der Waals surface area contributed by atoms with Crippen molar-refractivity contribution in [3.8, 4) is 0 Å². The number of benzene rings is 1. The standard InChI is InChI=1S/C12H11ClN2O2S/c13-12-7-6-11(8-14-12)15-18(16,17)9-10-4-2-1-3-5-10/h1-8,15H,9H2. The lowest BCUT2D eigenvalue weighted by molar-refractivity contribution is 0.600. The van der Waals surface area contributed by atoms with Gasteiger partial charge in [0.2, 0.25) is 10.0 Å². The van der Waals surface area contributed by atoms with Gasteiger partial charge in [-0.25, -0.2) is 13.4 Å². The van der Waals surface area contributed by atoms with E-state index in [0.717, 1.165) is 5.56 Å². The van der Waals surface area contributed by atoms with Gasteiger partial charge in [0, 0.05) is 0 Å². The molecule has 6 heteroatoms. The average Bonchev–Trinajstić information content (AvgIpc) is 2.32. The molecule has 94 valence electrons. The monoisotopic (exact) mass is 282 g/mol. The van der Waals surface area contributed by atoms with Gasteiger partial charge in [0.15, 0.2) is 0 Å². The van der Waals surface area contributed by atoms with E-state index in [1.807, 2.05) is 6.07 Å². The van der Waals surface area contributed by atoms with E-state index in [9.17, 15) is 8.42 Å². The van der Waals surface area contributed by atoms with E-state index in [2.05, 4.69) is 9.71 Å². The van der Waals surface area contributed by atoms with E-state index in [1.54, 1.807) is 30.3 Å². The molecule has 1 aromatic carbocycles. The molecule has 0 bridgehead atoms. The molecule has 0 aliphatic rings. The molecule has 1 aromatic heterocycles. The van der Waals surface area contributed by atoms with E-state index in [1.165, 1.54) is 12.3 Å². The largest absolute Gasteiger partial charge is 0.282 e. The number of pyridine rings is 1. The highest BCUT2D eigenvalue weighted by molar-refractivity contribution is 7.91. The number of sulfonamides is 1. The quantitative estimate of drug-likeness (QED) is 0.877. The van der Waals surface area contributed by atoms with Crippen molar-refractivity contribution in [3.05, 3.63) is 59.4 Å². The molecule has 0 fully saturated rings. The van der Waals surface area contributed by atoms with Crippen LogP contribution in [0, 0.1) is 0 Å². The molecule has 1 heterocycles. The van der Waals surface area contributed by atoms with Gasteiger partial charge in [-0.2, -0.15) is 0 Å². The van der Waals surface area contributed by atoms with Gasteiger partial charge in [-0.05, 0) is 17.7 Å². The lowest BCUT2D eigenvalue weighted by Crippen LogP contribution is -2.15. The van der Waals surface area contributed by atoms with Crippen LogP contribution in [0.5, 0.6) is 0 Å². The number of hydrogen-bond donors (Lipinski definition) is 1. The fourth-order valence-corrected chi connectivity index (χ4v) is 2.74. The Kier molecular flexibility index (Phi) is 3.84. The van der Waals surface area contributed by atoms with E-state index in [4.69, 9.17) is 11.6 Å². The van der Waals surface area contributed by atoms with E-state index in [-0.39, 0.29) is 5.75 Å². The normalized spacial score (nSPS) is 11.2. The van der Waals surface area contributed by atoms with Crippen molar-refractivity contribution in [2.24, 2.45) is 0 Å². The zero-order chi connectivity index (χ0) is 13.0. The summed E-state index contributed by atoms with van der Waals surface area (Å²) in [6.45, 7) is 0. The van der Waals surface area contributed by atoms with Crippen molar-refractivity contribution >= 4 is 27.3 Å². The first-order valence-electron chi connectivity index (χ1n) is 5.21. The predicted molar refractivity (Wildman–Crippen MR) is 71.9 cm³/mol. The van der Waals surface area contributed by atoms with Crippen molar-refractivity contribution in [1.82, 2.24) is 4.98 Å². The van der Waals surface area contributed by atoms with Gasteiger partial charge in [-0.15, -0.1) is 0 Å². The van der Waals surface area contributed by atoms with Gasteiger partial charge in [0.1, 0.15) is 5.15 Å². The third-order valence-electron chi connectivity index (χ3n) is 2.20. The summed E-state index contributed by atoms with van der Waals surface area (Å²) in [4.78, 5) is 3.81. The van der Waals surface area contributed by atoms with Crippen molar-refractivity contribution in [3.63, 3.8) is 0 Å². The van der Waals surface area contributed by atoms with Crippen LogP contribution in [0.3, 0.4) is 0 Å². The second kappa shape index (κ2) is 5.37. The molecule has 0 aliphatic carbocycles. The first-order chi connectivity index (χ1) is 8.55. The second-order valence-electron chi connectivity index (χ2n) is 3.72. The van der Waals surface area contributed by atoms with Gasteiger partial charge >= 0.3 is 0 Å². The number of aromatic nitrogens is 1. The Bertz CT molecular complexity index is 612. The highest BCUT2D eigenvalue weighted by Crippen LogP contribution is 2.13. The highest BCUT2D eigenvalue weighted by Gasteiger charge is 2.11. The fraction of sp³-hybridized carbons (Fsp3) is 0.0833. The van der Waals surface area contributed by atoms with Crippen LogP contribution < -0.4 is 4.72 Å². The number of nitrogens with zero attached hydrogens (tertiary/aromatic N) is 1. The summed E-state index contributed by atoms with van der Waals surface area (Å²) >= 11 is 5.62. The number of rotatable bonds is 4. The maximum atomic E-state index is 11.9. The van der Waals surface area contributed by atoms with Crippen LogP contribution in [-0.4, -0.2) is 13.4 Å². The van der Waals surface area contributed by atoms with Crippen LogP contribution >= 0.6 is 11.6 Å². The molecule has 2 aromatic rings. The van der Waals surface area contributed by atoms with Crippen LogP contribution in [0.15, 0.2) is 48.7 Å². The molecule has 0 amide bonds. The Morgan fingerprint density at radius 3 is 2.44 bits per heavy atom. The molecule has 4 nitrogen and oxygen atoms in total. The van der Waals surface area contributed by atoms with Crippen LogP contribution in [0.2, 0.25) is 5.15 Å². The van der Waals surface area contributed by atoms with Crippen molar-refractivity contribution in [2.75, 3.05) is 4.72 Å². The van der Waals surface area contributed by atoms with E-state index >= 15 is 0 Å². The molecule has 0 saturated heterocycles. The van der Waals surface area contributed by atoms with Crippen LogP contribution in [0.25, 0.3) is 0 Å². The summed E-state index contributed by atoms with van der Waals surface area (Å²) in [5, 5.41) is 0.320. The summed E-state index contributed by atoms with van der Waals surface area (Å²) in [5.41, 5.74) is 1.13. The second-order valence-corrected chi connectivity index (χ2v) is 5.83. The Morgan fingerprint density at radius 2 is 1.83 bits per heavy atom. The maximum absolute atomic E-state index is 11.9. The molecule has 0 spiro atoms. The predicted octanol–water partition coefficient (Wildman–Crippen LogP) is 2.68. The summed E-state index contributed by atoms with van der Waals surface area (Å²) in [5.74, 6) is -0.0729.